The molecule has 0 spiro atoms. The highest BCUT2D eigenvalue weighted by Crippen LogP contribution is 2.23. The SMILES string of the molecule is COCCc1noc([C@@H]2C[C@@H](F)CN2)n1. The van der Waals surface area contributed by atoms with Crippen LogP contribution in [0, 0.1) is 0 Å². The molecule has 1 aromatic heterocycles. The van der Waals surface area contributed by atoms with E-state index in [0.717, 1.165) is 0 Å². The van der Waals surface area contributed by atoms with Crippen molar-refractivity contribution in [3.05, 3.63) is 11.7 Å². The number of alkyl halides is 1. The topological polar surface area (TPSA) is 60.2 Å². The first kappa shape index (κ1) is 10.5. The summed E-state index contributed by atoms with van der Waals surface area (Å²) in [5, 5.41) is 6.78. The molecule has 15 heavy (non-hydrogen) atoms. The molecule has 2 atom stereocenters. The van der Waals surface area contributed by atoms with Crippen LogP contribution < -0.4 is 5.32 Å². The molecule has 0 aliphatic carbocycles. The van der Waals surface area contributed by atoms with Gasteiger partial charge in [-0.2, -0.15) is 4.98 Å². The fourth-order valence-electron chi connectivity index (χ4n) is 1.58. The van der Waals surface area contributed by atoms with Crippen LogP contribution in [-0.4, -0.2) is 36.6 Å². The van der Waals surface area contributed by atoms with Crippen molar-refractivity contribution in [1.29, 1.82) is 0 Å². The molecule has 0 unspecified atom stereocenters. The highest BCUT2D eigenvalue weighted by molar-refractivity contribution is 4.97. The lowest BCUT2D eigenvalue weighted by molar-refractivity contribution is 0.199. The van der Waals surface area contributed by atoms with Gasteiger partial charge < -0.3 is 14.6 Å². The van der Waals surface area contributed by atoms with Crippen LogP contribution in [0.1, 0.15) is 24.2 Å². The van der Waals surface area contributed by atoms with E-state index in [1.807, 2.05) is 0 Å². The van der Waals surface area contributed by atoms with Gasteiger partial charge in [-0.15, -0.1) is 0 Å². The number of hydrogen-bond acceptors (Lipinski definition) is 5. The lowest BCUT2D eigenvalue weighted by atomic mass is 10.2. The lowest BCUT2D eigenvalue weighted by Crippen LogP contribution is -2.14. The van der Waals surface area contributed by atoms with E-state index >= 15 is 0 Å². The predicted octanol–water partition coefficient (Wildman–Crippen LogP) is 0.631. The summed E-state index contributed by atoms with van der Waals surface area (Å²) in [5.74, 6) is 1.08. The molecule has 0 amide bonds. The zero-order valence-corrected chi connectivity index (χ0v) is 8.57. The van der Waals surface area contributed by atoms with Gasteiger partial charge in [0.1, 0.15) is 6.17 Å². The molecule has 1 aromatic rings. The third-order valence-electron chi connectivity index (χ3n) is 2.39. The quantitative estimate of drug-likeness (QED) is 0.798. The van der Waals surface area contributed by atoms with Crippen molar-refractivity contribution in [2.75, 3.05) is 20.3 Å². The van der Waals surface area contributed by atoms with Crippen molar-refractivity contribution in [2.45, 2.75) is 25.1 Å². The summed E-state index contributed by atoms with van der Waals surface area (Å²) in [4.78, 5) is 4.18. The van der Waals surface area contributed by atoms with Crippen molar-refractivity contribution < 1.29 is 13.7 Å². The Morgan fingerprint density at radius 3 is 3.20 bits per heavy atom. The van der Waals surface area contributed by atoms with Crippen LogP contribution in [-0.2, 0) is 11.2 Å². The summed E-state index contributed by atoms with van der Waals surface area (Å²) in [6.07, 6.45) is 0.210. The van der Waals surface area contributed by atoms with Crippen LogP contribution in [0.25, 0.3) is 0 Å². The van der Waals surface area contributed by atoms with E-state index in [4.69, 9.17) is 9.26 Å². The average molecular weight is 215 g/mol. The maximum Gasteiger partial charge on any atom is 0.243 e. The number of rotatable bonds is 4. The summed E-state index contributed by atoms with van der Waals surface area (Å²) >= 11 is 0. The first-order valence-electron chi connectivity index (χ1n) is 4.98. The largest absolute Gasteiger partial charge is 0.384 e. The molecular weight excluding hydrogens is 201 g/mol. The summed E-state index contributed by atoms with van der Waals surface area (Å²) in [7, 11) is 1.62. The van der Waals surface area contributed by atoms with E-state index in [0.29, 0.717) is 37.7 Å². The van der Waals surface area contributed by atoms with Crippen molar-refractivity contribution >= 4 is 0 Å². The summed E-state index contributed by atoms with van der Waals surface area (Å²) < 4.78 is 22.8. The highest BCUT2D eigenvalue weighted by atomic mass is 19.1. The second kappa shape index (κ2) is 4.67. The van der Waals surface area contributed by atoms with E-state index < -0.39 is 6.17 Å². The Morgan fingerprint density at radius 2 is 2.53 bits per heavy atom. The number of aromatic nitrogens is 2. The Hall–Kier alpha value is -1.01. The monoisotopic (exact) mass is 215 g/mol. The van der Waals surface area contributed by atoms with Crippen molar-refractivity contribution in [2.24, 2.45) is 0 Å². The standard InChI is InChI=1S/C9H14FN3O2/c1-14-3-2-8-12-9(15-13-8)7-4-6(10)5-11-7/h6-7,11H,2-5H2,1H3/t6-,7+/m1/s1. The van der Waals surface area contributed by atoms with E-state index in [-0.39, 0.29) is 6.04 Å². The van der Waals surface area contributed by atoms with Gasteiger partial charge in [0.25, 0.3) is 0 Å². The minimum absolute atomic E-state index is 0.135. The molecule has 1 aliphatic heterocycles. The molecule has 0 radical (unpaired) electrons. The van der Waals surface area contributed by atoms with Gasteiger partial charge in [0.05, 0.1) is 12.6 Å². The van der Waals surface area contributed by atoms with Crippen LogP contribution in [0.2, 0.25) is 0 Å². The van der Waals surface area contributed by atoms with Crippen molar-refractivity contribution in [1.82, 2.24) is 15.5 Å². The zero-order valence-electron chi connectivity index (χ0n) is 8.57. The average Bonchev–Trinajstić information content (AvgIpc) is 2.83. The van der Waals surface area contributed by atoms with E-state index in [1.165, 1.54) is 0 Å². The second-order valence-corrected chi connectivity index (χ2v) is 3.59. The van der Waals surface area contributed by atoms with Crippen LogP contribution in [0.3, 0.4) is 0 Å². The molecule has 1 aliphatic rings. The zero-order chi connectivity index (χ0) is 10.7. The fourth-order valence-corrected chi connectivity index (χ4v) is 1.58. The van der Waals surface area contributed by atoms with Crippen LogP contribution in [0.5, 0.6) is 0 Å². The second-order valence-electron chi connectivity index (χ2n) is 3.59. The van der Waals surface area contributed by atoms with E-state index in [1.54, 1.807) is 7.11 Å². The molecule has 1 saturated heterocycles. The van der Waals surface area contributed by atoms with Gasteiger partial charge in [0.2, 0.25) is 5.89 Å². The lowest BCUT2D eigenvalue weighted by Gasteiger charge is -2.00. The van der Waals surface area contributed by atoms with Gasteiger partial charge in [-0.25, -0.2) is 4.39 Å². The Labute approximate surface area is 87.0 Å². The Bertz CT molecular complexity index is 318. The van der Waals surface area contributed by atoms with Crippen molar-refractivity contribution in [3.63, 3.8) is 0 Å². The third-order valence-corrected chi connectivity index (χ3v) is 2.39. The molecule has 5 nitrogen and oxygen atoms in total. The third kappa shape index (κ3) is 2.51. The molecule has 0 saturated carbocycles. The molecule has 1 N–H and O–H groups in total. The van der Waals surface area contributed by atoms with E-state index in [9.17, 15) is 4.39 Å². The molecule has 0 bridgehead atoms. The molecular formula is C9H14FN3O2. The first-order chi connectivity index (χ1) is 7.29. The number of methoxy groups -OCH3 is 1. The highest BCUT2D eigenvalue weighted by Gasteiger charge is 2.29. The Morgan fingerprint density at radius 1 is 1.67 bits per heavy atom. The van der Waals surface area contributed by atoms with Crippen LogP contribution in [0.15, 0.2) is 4.52 Å². The van der Waals surface area contributed by atoms with E-state index in [2.05, 4.69) is 15.5 Å². The summed E-state index contributed by atoms with van der Waals surface area (Å²) in [6.45, 7) is 0.920. The Balaban J connectivity index is 1.94. The molecule has 1 fully saturated rings. The molecule has 2 heterocycles. The van der Waals surface area contributed by atoms with Gasteiger partial charge in [-0.3, -0.25) is 0 Å². The van der Waals surface area contributed by atoms with Crippen LogP contribution in [0.4, 0.5) is 4.39 Å². The summed E-state index contributed by atoms with van der Waals surface area (Å²) in [5.41, 5.74) is 0. The molecule has 2 rings (SSSR count). The van der Waals surface area contributed by atoms with Gasteiger partial charge in [-0.05, 0) is 0 Å². The Kier molecular flexibility index (Phi) is 3.27. The van der Waals surface area contributed by atoms with Gasteiger partial charge >= 0.3 is 0 Å². The van der Waals surface area contributed by atoms with Crippen molar-refractivity contribution in [3.8, 4) is 0 Å². The number of hydrogen-bond donors (Lipinski definition) is 1. The minimum Gasteiger partial charge on any atom is -0.384 e. The van der Waals surface area contributed by atoms with Crippen LogP contribution >= 0.6 is 0 Å². The maximum absolute atomic E-state index is 12.9. The maximum atomic E-state index is 12.9. The van der Waals surface area contributed by atoms with Gasteiger partial charge in [0.15, 0.2) is 5.82 Å². The van der Waals surface area contributed by atoms with Gasteiger partial charge in [0, 0.05) is 26.5 Å². The number of nitrogens with zero attached hydrogens (tertiary/aromatic N) is 2. The summed E-state index contributed by atoms with van der Waals surface area (Å²) in [6, 6.07) is -0.135. The predicted molar refractivity (Wildman–Crippen MR) is 50.1 cm³/mol. The number of nitrogens with one attached hydrogen (secondary N) is 1. The molecule has 6 heteroatoms. The molecule has 84 valence electrons. The molecule has 0 aromatic carbocycles. The first-order valence-corrected chi connectivity index (χ1v) is 4.98. The van der Waals surface area contributed by atoms with Gasteiger partial charge in [-0.1, -0.05) is 5.16 Å². The number of ether oxygens (including phenoxy) is 1. The smallest absolute Gasteiger partial charge is 0.243 e. The normalized spacial score (nSPS) is 26.0. The minimum atomic E-state index is -0.815. The number of halogens is 1. The fraction of sp³-hybridized carbons (Fsp3) is 0.778.